The number of ether oxygens (including phenoxy) is 1. The van der Waals surface area contributed by atoms with Crippen LogP contribution in [-0.2, 0) is 20.0 Å². The number of sulfonamides is 2. The molecule has 0 aliphatic rings. The van der Waals surface area contributed by atoms with E-state index in [-0.39, 0.29) is 33.8 Å². The second-order valence-electron chi connectivity index (χ2n) is 10.9. The number of benzene rings is 4. The van der Waals surface area contributed by atoms with E-state index in [4.69, 9.17) is 13.6 Å². The number of nitrogens with zero attached hydrogens (tertiary/aromatic N) is 2. The first kappa shape index (κ1) is 34.3. The second-order valence-corrected chi connectivity index (χ2v) is 14.2. The molecule has 4 aromatic carbocycles. The number of nitrogens with one attached hydrogen (secondary N) is 2. The van der Waals surface area contributed by atoms with Gasteiger partial charge in [0.25, 0.3) is 31.4 Å². The lowest BCUT2D eigenvalue weighted by Crippen LogP contribution is -2.20. The van der Waals surface area contributed by atoms with Gasteiger partial charge in [-0.15, -0.1) is 0 Å². The molecule has 0 saturated heterocycles. The van der Waals surface area contributed by atoms with Gasteiger partial charge in [-0.3, -0.25) is 29.7 Å². The fraction of sp³-hybridized carbons (Fsp3) is 0.0625. The molecule has 0 unspecified atom stereocenters. The van der Waals surface area contributed by atoms with E-state index in [1.807, 2.05) is 0 Å². The Morgan fingerprint density at radius 2 is 0.980 bits per heavy atom. The second kappa shape index (κ2) is 12.7. The van der Waals surface area contributed by atoms with Crippen molar-refractivity contribution >= 4 is 64.7 Å². The average Bonchev–Trinajstić information content (AvgIpc) is 3.08. The minimum absolute atomic E-state index is 0.0161. The zero-order valence-electron chi connectivity index (χ0n) is 26.1. The Labute approximate surface area is 286 Å². The van der Waals surface area contributed by atoms with E-state index in [0.29, 0.717) is 10.8 Å². The lowest BCUT2D eigenvalue weighted by Gasteiger charge is -2.13. The largest absolute Gasteiger partial charge is 0.457 e. The highest BCUT2D eigenvalue weighted by Crippen LogP contribution is 2.34. The summed E-state index contributed by atoms with van der Waals surface area (Å²) in [6.07, 6.45) is 0. The molecule has 0 spiro atoms. The minimum Gasteiger partial charge on any atom is -0.457 e. The van der Waals surface area contributed by atoms with Crippen molar-refractivity contribution in [1.82, 2.24) is 0 Å². The standard InChI is InChI=1S/C32H22N4O13S2/c1-17-21-13-11-19(15-25(21)48-31(37)29(17)33-50(43,44)27-9-5-3-7-23(27)35(39)40)47-20-12-14-22-18(2)30(32(38)49-26(22)16-20)34-51(45,46)28-10-6-4-8-24(28)36(41)42/h3-16,33-34H,1-2H3. The lowest BCUT2D eigenvalue weighted by atomic mass is 10.1. The molecule has 6 aromatic rings. The maximum Gasteiger partial charge on any atom is 0.361 e. The van der Waals surface area contributed by atoms with Gasteiger partial charge in [-0.1, -0.05) is 24.3 Å². The fourth-order valence-electron chi connectivity index (χ4n) is 5.22. The Hall–Kier alpha value is -6.60. The predicted molar refractivity (Wildman–Crippen MR) is 182 cm³/mol. The zero-order valence-corrected chi connectivity index (χ0v) is 27.7. The molecule has 260 valence electrons. The first-order valence-electron chi connectivity index (χ1n) is 14.4. The van der Waals surface area contributed by atoms with Crippen molar-refractivity contribution < 1.29 is 40.3 Å². The quantitative estimate of drug-likeness (QED) is 0.0971. The topological polar surface area (TPSA) is 248 Å². The minimum atomic E-state index is -4.57. The molecular formula is C32H22N4O13S2. The fourth-order valence-corrected chi connectivity index (χ4v) is 7.80. The molecule has 0 aliphatic heterocycles. The van der Waals surface area contributed by atoms with Crippen LogP contribution in [0.4, 0.5) is 22.7 Å². The molecule has 0 aliphatic carbocycles. The number of aryl methyl sites for hydroxylation is 2. The van der Waals surface area contributed by atoms with Crippen molar-refractivity contribution in [1.29, 1.82) is 0 Å². The summed E-state index contributed by atoms with van der Waals surface area (Å²) in [5.74, 6) is 0.316. The highest BCUT2D eigenvalue weighted by atomic mass is 32.2. The van der Waals surface area contributed by atoms with Gasteiger partial charge in [-0.05, 0) is 61.4 Å². The number of hydrogen-bond acceptors (Lipinski definition) is 13. The van der Waals surface area contributed by atoms with Crippen LogP contribution < -0.4 is 25.4 Å². The summed E-state index contributed by atoms with van der Waals surface area (Å²) in [4.78, 5) is 45.6. The van der Waals surface area contributed by atoms with Crippen molar-refractivity contribution in [2.45, 2.75) is 23.6 Å². The number of para-hydroxylation sites is 2. The van der Waals surface area contributed by atoms with E-state index in [9.17, 15) is 46.7 Å². The van der Waals surface area contributed by atoms with Gasteiger partial charge in [-0.2, -0.15) is 0 Å². The molecule has 51 heavy (non-hydrogen) atoms. The van der Waals surface area contributed by atoms with Crippen LogP contribution in [-0.4, -0.2) is 26.7 Å². The van der Waals surface area contributed by atoms with Crippen molar-refractivity contribution in [3.8, 4) is 11.5 Å². The van der Waals surface area contributed by atoms with E-state index in [1.54, 1.807) is 0 Å². The smallest absolute Gasteiger partial charge is 0.361 e. The third-order valence-electron chi connectivity index (χ3n) is 7.69. The predicted octanol–water partition coefficient (Wildman–Crippen LogP) is 5.73. The molecule has 17 nitrogen and oxygen atoms in total. The molecule has 0 atom stereocenters. The molecule has 0 radical (unpaired) electrons. The molecule has 2 heterocycles. The molecule has 6 rings (SSSR count). The summed E-state index contributed by atoms with van der Waals surface area (Å²) >= 11 is 0. The molecule has 0 fully saturated rings. The highest BCUT2D eigenvalue weighted by molar-refractivity contribution is 7.93. The van der Waals surface area contributed by atoms with Crippen molar-refractivity contribution in [2.24, 2.45) is 0 Å². The van der Waals surface area contributed by atoms with Gasteiger partial charge in [0, 0.05) is 35.0 Å². The van der Waals surface area contributed by atoms with Gasteiger partial charge >= 0.3 is 11.3 Å². The zero-order chi connectivity index (χ0) is 36.8. The van der Waals surface area contributed by atoms with Gasteiger partial charge < -0.3 is 13.6 Å². The number of nitro benzene ring substituents is 2. The van der Waals surface area contributed by atoms with Crippen LogP contribution in [0.25, 0.3) is 21.9 Å². The van der Waals surface area contributed by atoms with Gasteiger partial charge in [0.05, 0.1) is 9.85 Å². The van der Waals surface area contributed by atoms with Crippen LogP contribution in [0.3, 0.4) is 0 Å². The van der Waals surface area contributed by atoms with E-state index in [0.717, 1.165) is 24.3 Å². The van der Waals surface area contributed by atoms with Gasteiger partial charge in [0.2, 0.25) is 0 Å². The summed E-state index contributed by atoms with van der Waals surface area (Å²) in [7, 11) is -9.14. The van der Waals surface area contributed by atoms with E-state index in [1.165, 1.54) is 74.5 Å². The van der Waals surface area contributed by atoms with Crippen LogP contribution in [0.1, 0.15) is 11.1 Å². The first-order valence-corrected chi connectivity index (χ1v) is 17.4. The van der Waals surface area contributed by atoms with Crippen molar-refractivity contribution in [2.75, 3.05) is 9.44 Å². The number of fused-ring (bicyclic) bond motifs is 2. The first-order chi connectivity index (χ1) is 24.1. The number of anilines is 2. The molecule has 0 amide bonds. The number of hydrogen-bond donors (Lipinski definition) is 2. The van der Waals surface area contributed by atoms with Crippen LogP contribution in [0.2, 0.25) is 0 Å². The molecule has 0 bridgehead atoms. The molecule has 2 N–H and O–H groups in total. The normalized spacial score (nSPS) is 11.7. The molecular weight excluding hydrogens is 713 g/mol. The summed E-state index contributed by atoms with van der Waals surface area (Å²) in [6, 6.07) is 18.0. The van der Waals surface area contributed by atoms with Gasteiger partial charge in [0.1, 0.15) is 34.0 Å². The maximum absolute atomic E-state index is 13.0. The Morgan fingerprint density at radius 3 is 1.35 bits per heavy atom. The van der Waals surface area contributed by atoms with Crippen molar-refractivity contribution in [3.63, 3.8) is 0 Å². The van der Waals surface area contributed by atoms with Crippen molar-refractivity contribution in [3.05, 3.63) is 137 Å². The van der Waals surface area contributed by atoms with Crippen LogP contribution >= 0.6 is 0 Å². The summed E-state index contributed by atoms with van der Waals surface area (Å²) in [6.45, 7) is 2.92. The van der Waals surface area contributed by atoms with Gasteiger partial charge in [0.15, 0.2) is 9.79 Å². The van der Waals surface area contributed by atoms with Crippen LogP contribution in [0.5, 0.6) is 11.5 Å². The SMILES string of the molecule is Cc1c(NS(=O)(=O)c2ccccc2[N+](=O)[O-])c(=O)oc2cc(Oc3ccc4c(C)c(NS(=O)(=O)c5ccccc5[N+](=O)[O-])c(=O)oc4c3)ccc12. The van der Waals surface area contributed by atoms with Gasteiger partial charge in [-0.25, -0.2) is 26.4 Å². The maximum atomic E-state index is 13.0. The lowest BCUT2D eigenvalue weighted by molar-refractivity contribution is -0.388. The summed E-state index contributed by atoms with van der Waals surface area (Å²) in [5.41, 5.74) is -4.03. The average molecular weight is 735 g/mol. The number of rotatable bonds is 10. The third kappa shape index (κ3) is 6.45. The Morgan fingerprint density at radius 1 is 0.608 bits per heavy atom. The number of nitro groups is 2. The van der Waals surface area contributed by atoms with Crippen LogP contribution in [0.15, 0.2) is 113 Å². The highest BCUT2D eigenvalue weighted by Gasteiger charge is 2.29. The molecule has 2 aromatic heterocycles. The molecule has 0 saturated carbocycles. The van der Waals surface area contributed by atoms with E-state index in [2.05, 4.69) is 9.44 Å². The monoisotopic (exact) mass is 734 g/mol. The van der Waals surface area contributed by atoms with Crippen LogP contribution in [0, 0.1) is 34.1 Å². The summed E-state index contributed by atoms with van der Waals surface area (Å²) in [5, 5.41) is 23.4. The van der Waals surface area contributed by atoms with E-state index >= 15 is 0 Å². The third-order valence-corrected chi connectivity index (χ3v) is 10.5. The molecule has 19 heteroatoms. The Bertz CT molecular complexity index is 2600. The van der Waals surface area contributed by atoms with E-state index < -0.39 is 73.7 Å². The Kier molecular flexibility index (Phi) is 8.53. The Balaban J connectivity index is 1.28. The summed E-state index contributed by atoms with van der Waals surface area (Å²) < 4.78 is 73.0.